The van der Waals surface area contributed by atoms with Gasteiger partial charge in [-0.15, -0.1) is 6.58 Å². The second-order valence-electron chi connectivity index (χ2n) is 10.3. The molecule has 172 valence electrons. The fourth-order valence-electron chi connectivity index (χ4n) is 6.92. The van der Waals surface area contributed by atoms with E-state index in [2.05, 4.69) is 17.4 Å². The molecule has 3 fully saturated rings. The lowest BCUT2D eigenvalue weighted by Gasteiger charge is -2.45. The molecule has 0 bridgehead atoms. The van der Waals surface area contributed by atoms with Gasteiger partial charge in [-0.25, -0.2) is 4.39 Å². The van der Waals surface area contributed by atoms with Crippen molar-refractivity contribution < 1.29 is 17.9 Å². The van der Waals surface area contributed by atoms with E-state index in [9.17, 15) is 13.2 Å². The van der Waals surface area contributed by atoms with Crippen LogP contribution in [-0.2, 0) is 0 Å². The molecule has 3 aliphatic rings. The first-order chi connectivity index (χ1) is 15.0. The summed E-state index contributed by atoms with van der Waals surface area (Å²) < 4.78 is 43.2. The van der Waals surface area contributed by atoms with Crippen molar-refractivity contribution in [1.29, 1.82) is 0 Å². The van der Waals surface area contributed by atoms with Gasteiger partial charge in [-0.1, -0.05) is 25.0 Å². The van der Waals surface area contributed by atoms with Crippen LogP contribution in [0, 0.1) is 35.4 Å². The largest absolute Gasteiger partial charge is 0.432 e. The van der Waals surface area contributed by atoms with Crippen molar-refractivity contribution in [3.05, 3.63) is 42.2 Å². The molecule has 4 unspecified atom stereocenters. The fraction of sp³-hybridized carbons (Fsp3) is 0.704. The maximum Gasteiger partial charge on any atom is 0.387 e. The van der Waals surface area contributed by atoms with Crippen molar-refractivity contribution in [1.82, 2.24) is 0 Å². The minimum Gasteiger partial charge on any atom is -0.432 e. The summed E-state index contributed by atoms with van der Waals surface area (Å²) in [5.74, 6) is 3.61. The van der Waals surface area contributed by atoms with Crippen LogP contribution in [-0.4, -0.2) is 6.61 Å². The molecule has 1 aromatic rings. The molecule has 0 spiro atoms. The first-order valence-corrected chi connectivity index (χ1v) is 12.4. The normalized spacial score (nSPS) is 33.7. The van der Waals surface area contributed by atoms with E-state index < -0.39 is 12.4 Å². The molecule has 0 N–H and O–H groups in total. The zero-order valence-corrected chi connectivity index (χ0v) is 18.6. The predicted molar refractivity (Wildman–Crippen MR) is 119 cm³/mol. The highest BCUT2D eigenvalue weighted by Crippen LogP contribution is 2.51. The predicted octanol–water partition coefficient (Wildman–Crippen LogP) is 8.50. The van der Waals surface area contributed by atoms with Gasteiger partial charge in [0.2, 0.25) is 0 Å². The van der Waals surface area contributed by atoms with Gasteiger partial charge in [-0.3, -0.25) is 0 Å². The lowest BCUT2D eigenvalue weighted by molar-refractivity contribution is -0.0522. The number of alkyl halides is 2. The number of hydrogen-bond donors (Lipinski definition) is 0. The third kappa shape index (κ3) is 5.68. The van der Waals surface area contributed by atoms with E-state index in [0.717, 1.165) is 54.4 Å². The van der Waals surface area contributed by atoms with Gasteiger partial charge < -0.3 is 4.74 Å². The second-order valence-corrected chi connectivity index (χ2v) is 10.3. The Morgan fingerprint density at radius 3 is 2.23 bits per heavy atom. The van der Waals surface area contributed by atoms with Gasteiger partial charge in [-0.05, 0) is 117 Å². The first kappa shape index (κ1) is 22.7. The van der Waals surface area contributed by atoms with Gasteiger partial charge >= 0.3 is 6.61 Å². The molecule has 4 atom stereocenters. The molecule has 3 aliphatic carbocycles. The molecular formula is C27H37F3O. The van der Waals surface area contributed by atoms with E-state index in [1.165, 1.54) is 69.9 Å². The number of allylic oxidation sites excluding steroid dienone is 1. The van der Waals surface area contributed by atoms with Gasteiger partial charge in [0.25, 0.3) is 0 Å². The van der Waals surface area contributed by atoms with Crippen molar-refractivity contribution in [2.24, 2.45) is 29.6 Å². The van der Waals surface area contributed by atoms with E-state index in [0.29, 0.717) is 5.92 Å². The number of halogens is 3. The maximum atomic E-state index is 14.2. The molecule has 1 nitrogen and oxygen atoms in total. The van der Waals surface area contributed by atoms with E-state index >= 15 is 0 Å². The molecule has 0 saturated heterocycles. The Kier molecular flexibility index (Phi) is 7.66. The number of ether oxygens (including phenoxy) is 1. The number of benzene rings is 1. The highest BCUT2D eigenvalue weighted by Gasteiger charge is 2.39. The van der Waals surface area contributed by atoms with Crippen LogP contribution in [0.3, 0.4) is 0 Å². The molecular weight excluding hydrogens is 397 g/mol. The Hall–Kier alpha value is -1.45. The Balaban J connectivity index is 1.28. The molecule has 0 amide bonds. The average Bonchev–Trinajstić information content (AvgIpc) is 2.78. The highest BCUT2D eigenvalue weighted by atomic mass is 19.3. The molecule has 0 aliphatic heterocycles. The van der Waals surface area contributed by atoms with Crippen molar-refractivity contribution in [2.45, 2.75) is 89.6 Å². The minimum absolute atomic E-state index is 0.341. The lowest BCUT2D eigenvalue weighted by Crippen LogP contribution is -2.34. The molecule has 3 saturated carbocycles. The Bertz CT molecular complexity index is 725. The number of fused-ring (bicyclic) bond motifs is 1. The van der Waals surface area contributed by atoms with Crippen LogP contribution in [0.1, 0.15) is 88.5 Å². The van der Waals surface area contributed by atoms with Crippen molar-refractivity contribution in [3.8, 4) is 5.75 Å². The third-order valence-electron chi connectivity index (χ3n) is 8.63. The average molecular weight is 435 g/mol. The molecule has 4 heteroatoms. The van der Waals surface area contributed by atoms with Crippen LogP contribution in [0.4, 0.5) is 13.2 Å². The zero-order chi connectivity index (χ0) is 21.8. The van der Waals surface area contributed by atoms with Crippen molar-refractivity contribution in [2.75, 3.05) is 0 Å². The summed E-state index contributed by atoms with van der Waals surface area (Å²) in [5, 5.41) is 0. The Labute approximate surface area is 185 Å². The smallest absolute Gasteiger partial charge is 0.387 e. The lowest BCUT2D eigenvalue weighted by atomic mass is 9.60. The zero-order valence-electron chi connectivity index (χ0n) is 18.6. The van der Waals surface area contributed by atoms with E-state index in [-0.39, 0.29) is 5.75 Å². The Morgan fingerprint density at radius 2 is 1.55 bits per heavy atom. The minimum atomic E-state index is -2.99. The van der Waals surface area contributed by atoms with Crippen LogP contribution in [0.2, 0.25) is 0 Å². The number of hydrogen-bond acceptors (Lipinski definition) is 1. The quantitative estimate of drug-likeness (QED) is 0.391. The van der Waals surface area contributed by atoms with Crippen molar-refractivity contribution in [3.63, 3.8) is 0 Å². The summed E-state index contributed by atoms with van der Waals surface area (Å²) in [6.45, 7) is 0.871. The summed E-state index contributed by atoms with van der Waals surface area (Å²) in [4.78, 5) is 0. The van der Waals surface area contributed by atoms with Crippen LogP contribution >= 0.6 is 0 Å². The summed E-state index contributed by atoms with van der Waals surface area (Å²) in [5.41, 5.74) is 0.942. The summed E-state index contributed by atoms with van der Waals surface area (Å²) in [7, 11) is 0. The maximum absolute atomic E-state index is 14.2. The van der Waals surface area contributed by atoms with Crippen LogP contribution in [0.15, 0.2) is 30.9 Å². The fourth-order valence-corrected chi connectivity index (χ4v) is 6.92. The van der Waals surface area contributed by atoms with Gasteiger partial charge in [0.05, 0.1) is 0 Å². The molecule has 1 aromatic carbocycles. The van der Waals surface area contributed by atoms with E-state index in [1.54, 1.807) is 6.07 Å². The summed E-state index contributed by atoms with van der Waals surface area (Å²) in [6.07, 6.45) is 17.6. The summed E-state index contributed by atoms with van der Waals surface area (Å²) >= 11 is 0. The SMILES string of the molecule is C=CCCC1CCC(C2CCC3CC(c4ccc(OC(F)F)c(F)c4)CCC3C2)CC1. The molecule has 0 heterocycles. The molecule has 0 aromatic heterocycles. The molecule has 4 rings (SSSR count). The molecule has 0 radical (unpaired) electrons. The third-order valence-corrected chi connectivity index (χ3v) is 8.63. The second kappa shape index (κ2) is 10.4. The number of rotatable bonds is 7. The van der Waals surface area contributed by atoms with E-state index in [4.69, 9.17) is 0 Å². The van der Waals surface area contributed by atoms with Gasteiger partial charge in [0, 0.05) is 0 Å². The monoisotopic (exact) mass is 434 g/mol. The van der Waals surface area contributed by atoms with Gasteiger partial charge in [-0.2, -0.15) is 8.78 Å². The topological polar surface area (TPSA) is 9.23 Å². The Morgan fingerprint density at radius 1 is 0.903 bits per heavy atom. The van der Waals surface area contributed by atoms with Crippen LogP contribution in [0.25, 0.3) is 0 Å². The van der Waals surface area contributed by atoms with Crippen LogP contribution < -0.4 is 4.74 Å². The standard InChI is InChI=1S/C27H37F3O/c1-2-3-4-18-5-7-19(8-6-18)20-9-10-22-16-23(12-11-21(22)15-20)24-13-14-26(25(28)17-24)31-27(29)30/h2,13-14,17-23,27H,1,3-12,15-16H2. The molecule has 31 heavy (non-hydrogen) atoms. The highest BCUT2D eigenvalue weighted by molar-refractivity contribution is 5.31. The summed E-state index contributed by atoms with van der Waals surface area (Å²) in [6, 6.07) is 4.56. The van der Waals surface area contributed by atoms with Gasteiger partial charge in [0.1, 0.15) is 0 Å². The van der Waals surface area contributed by atoms with Crippen molar-refractivity contribution >= 4 is 0 Å². The van der Waals surface area contributed by atoms with Gasteiger partial charge in [0.15, 0.2) is 11.6 Å². The van der Waals surface area contributed by atoms with Crippen LogP contribution in [0.5, 0.6) is 5.75 Å². The first-order valence-electron chi connectivity index (χ1n) is 12.4. The van der Waals surface area contributed by atoms with E-state index in [1.807, 2.05) is 0 Å².